The first-order chi connectivity index (χ1) is 11.6. The third kappa shape index (κ3) is 4.05. The smallest absolute Gasteiger partial charge is 0.323 e. The van der Waals surface area contributed by atoms with E-state index >= 15 is 0 Å². The summed E-state index contributed by atoms with van der Waals surface area (Å²) in [6, 6.07) is 0. The van der Waals surface area contributed by atoms with Crippen LogP contribution >= 0.6 is 0 Å². The number of likely N-dealkylation sites (N-methyl/N-ethyl adjacent to an activating group) is 1. The molecule has 1 fully saturated rings. The van der Waals surface area contributed by atoms with E-state index in [1.807, 2.05) is 0 Å². The van der Waals surface area contributed by atoms with Crippen molar-refractivity contribution in [2.75, 3.05) is 31.6 Å². The van der Waals surface area contributed by atoms with Crippen molar-refractivity contribution in [2.45, 2.75) is 25.3 Å². The molecule has 24 heavy (non-hydrogen) atoms. The van der Waals surface area contributed by atoms with Crippen LogP contribution in [0, 0.1) is 0 Å². The molecule has 3 heterocycles. The minimum atomic E-state index is -0.908. The Kier molecular flexibility index (Phi) is 4.99. The van der Waals surface area contributed by atoms with Crippen molar-refractivity contribution in [3.63, 3.8) is 0 Å². The Morgan fingerprint density at radius 1 is 1.33 bits per heavy atom. The fourth-order valence-electron chi connectivity index (χ4n) is 2.87. The summed E-state index contributed by atoms with van der Waals surface area (Å²) in [7, 11) is 1.66. The number of nitrogens with zero attached hydrogens (tertiary/aromatic N) is 6. The zero-order valence-electron chi connectivity index (χ0n) is 13.5. The molecule has 0 aromatic carbocycles. The minimum Gasteiger partial charge on any atom is -0.480 e. The molecule has 128 valence electrons. The van der Waals surface area contributed by atoms with E-state index in [9.17, 15) is 4.79 Å². The van der Waals surface area contributed by atoms with Crippen LogP contribution in [-0.4, -0.2) is 62.8 Å². The Bertz CT molecular complexity index is 652. The van der Waals surface area contributed by atoms with Gasteiger partial charge < -0.3 is 14.5 Å². The number of aliphatic carboxylic acids is 1. The number of hydrogen-bond donors (Lipinski definition) is 1. The summed E-state index contributed by atoms with van der Waals surface area (Å²) in [5.41, 5.74) is 1.01. The molecule has 9 heteroatoms. The summed E-state index contributed by atoms with van der Waals surface area (Å²) in [6.07, 6.45) is 6.89. The van der Waals surface area contributed by atoms with Crippen LogP contribution in [0.2, 0.25) is 0 Å². The van der Waals surface area contributed by atoms with E-state index in [-0.39, 0.29) is 6.54 Å². The summed E-state index contributed by atoms with van der Waals surface area (Å²) < 4.78 is 4.81. The molecule has 0 spiro atoms. The molecule has 0 saturated carbocycles. The lowest BCUT2D eigenvalue weighted by atomic mass is 9.96. The second-order valence-electron chi connectivity index (χ2n) is 5.98. The Morgan fingerprint density at radius 3 is 2.62 bits per heavy atom. The molecule has 3 rings (SSSR count). The van der Waals surface area contributed by atoms with Crippen molar-refractivity contribution >= 4 is 11.9 Å². The standard InChI is InChI=1S/C15H20N6O3/c1-20(9-13(22)23)15-16-6-11(7-17-15)8-21-4-2-12(3-5-21)14-18-10-24-19-14/h6-7,10,12H,2-5,8-9H2,1H3,(H,22,23). The monoisotopic (exact) mass is 332 g/mol. The van der Waals surface area contributed by atoms with Crippen LogP contribution in [0.3, 0.4) is 0 Å². The summed E-state index contributed by atoms with van der Waals surface area (Å²) >= 11 is 0. The molecule has 1 N–H and O–H groups in total. The van der Waals surface area contributed by atoms with Crippen molar-refractivity contribution in [2.24, 2.45) is 0 Å². The van der Waals surface area contributed by atoms with Crippen LogP contribution in [0.15, 0.2) is 23.3 Å². The Balaban J connectivity index is 1.51. The highest BCUT2D eigenvalue weighted by molar-refractivity contribution is 5.72. The van der Waals surface area contributed by atoms with Crippen molar-refractivity contribution in [1.82, 2.24) is 25.0 Å². The normalized spacial score (nSPS) is 16.2. The molecule has 1 aliphatic heterocycles. The number of aromatic nitrogens is 4. The predicted octanol–water partition coefficient (Wildman–Crippen LogP) is 0.760. The van der Waals surface area contributed by atoms with E-state index < -0.39 is 5.97 Å². The SMILES string of the molecule is CN(CC(=O)O)c1ncc(CN2CCC(c3ncon3)CC2)cn1. The van der Waals surface area contributed by atoms with Crippen LogP contribution in [0.5, 0.6) is 0 Å². The largest absolute Gasteiger partial charge is 0.480 e. The molecule has 2 aromatic rings. The molecule has 0 bridgehead atoms. The van der Waals surface area contributed by atoms with Gasteiger partial charge in [-0.1, -0.05) is 5.16 Å². The third-order valence-corrected chi connectivity index (χ3v) is 4.14. The molecule has 9 nitrogen and oxygen atoms in total. The fraction of sp³-hybridized carbons (Fsp3) is 0.533. The van der Waals surface area contributed by atoms with Gasteiger partial charge in [0.2, 0.25) is 12.3 Å². The molecule has 0 atom stereocenters. The number of carboxylic acids is 1. The average molecular weight is 332 g/mol. The molecule has 0 unspecified atom stereocenters. The van der Waals surface area contributed by atoms with Gasteiger partial charge >= 0.3 is 5.97 Å². The lowest BCUT2D eigenvalue weighted by Gasteiger charge is -2.30. The number of rotatable bonds is 6. The number of carbonyl (C=O) groups is 1. The van der Waals surface area contributed by atoms with Crippen LogP contribution in [0.4, 0.5) is 5.95 Å². The van der Waals surface area contributed by atoms with Gasteiger partial charge in [-0.05, 0) is 25.9 Å². The second-order valence-corrected chi connectivity index (χ2v) is 5.98. The lowest BCUT2D eigenvalue weighted by molar-refractivity contribution is -0.135. The summed E-state index contributed by atoms with van der Waals surface area (Å²) in [5.74, 6) is 0.665. The summed E-state index contributed by atoms with van der Waals surface area (Å²) in [4.78, 5) is 27.2. The molecular weight excluding hydrogens is 312 g/mol. The maximum Gasteiger partial charge on any atom is 0.323 e. The fourth-order valence-corrected chi connectivity index (χ4v) is 2.87. The van der Waals surface area contributed by atoms with E-state index in [0.717, 1.165) is 43.9 Å². The highest BCUT2D eigenvalue weighted by Crippen LogP contribution is 2.26. The van der Waals surface area contributed by atoms with Crippen molar-refractivity contribution in [1.29, 1.82) is 0 Å². The van der Waals surface area contributed by atoms with E-state index in [0.29, 0.717) is 11.9 Å². The van der Waals surface area contributed by atoms with Crippen molar-refractivity contribution in [3.05, 3.63) is 30.2 Å². The van der Waals surface area contributed by atoms with Crippen LogP contribution < -0.4 is 4.90 Å². The molecule has 0 amide bonds. The molecule has 2 aromatic heterocycles. The van der Waals surface area contributed by atoms with E-state index in [4.69, 9.17) is 9.63 Å². The topological polar surface area (TPSA) is 108 Å². The quantitative estimate of drug-likeness (QED) is 0.820. The predicted molar refractivity (Wildman–Crippen MR) is 84.5 cm³/mol. The first-order valence-electron chi connectivity index (χ1n) is 7.84. The van der Waals surface area contributed by atoms with E-state index in [1.165, 1.54) is 11.3 Å². The van der Waals surface area contributed by atoms with E-state index in [2.05, 4.69) is 25.0 Å². The number of anilines is 1. The zero-order chi connectivity index (χ0) is 16.9. The van der Waals surface area contributed by atoms with Crippen molar-refractivity contribution in [3.8, 4) is 0 Å². The number of likely N-dealkylation sites (tertiary alicyclic amines) is 1. The van der Waals surface area contributed by atoms with Gasteiger partial charge in [-0.2, -0.15) is 4.98 Å². The summed E-state index contributed by atoms with van der Waals surface area (Å²) in [6.45, 7) is 2.57. The highest BCUT2D eigenvalue weighted by atomic mass is 16.5. The van der Waals surface area contributed by atoms with Gasteiger partial charge in [-0.3, -0.25) is 9.69 Å². The van der Waals surface area contributed by atoms with Crippen LogP contribution in [0.1, 0.15) is 30.1 Å². The van der Waals surface area contributed by atoms with Gasteiger partial charge in [0, 0.05) is 37.5 Å². The van der Waals surface area contributed by atoms with Gasteiger partial charge in [-0.25, -0.2) is 9.97 Å². The number of piperidine rings is 1. The molecule has 1 aliphatic rings. The number of hydrogen-bond acceptors (Lipinski definition) is 8. The molecular formula is C15H20N6O3. The van der Waals surface area contributed by atoms with Gasteiger partial charge in [0.25, 0.3) is 0 Å². The second kappa shape index (κ2) is 7.35. The first kappa shape index (κ1) is 16.3. The molecule has 0 radical (unpaired) electrons. The van der Waals surface area contributed by atoms with Gasteiger partial charge in [0.15, 0.2) is 5.82 Å². The number of carboxylic acid groups (broad SMARTS) is 1. The van der Waals surface area contributed by atoms with Gasteiger partial charge in [0.05, 0.1) is 0 Å². The Morgan fingerprint density at radius 2 is 2.04 bits per heavy atom. The first-order valence-corrected chi connectivity index (χ1v) is 7.84. The van der Waals surface area contributed by atoms with Crippen molar-refractivity contribution < 1.29 is 14.4 Å². The Hall–Kier alpha value is -2.55. The zero-order valence-corrected chi connectivity index (χ0v) is 13.5. The van der Waals surface area contributed by atoms with Gasteiger partial charge in [-0.15, -0.1) is 0 Å². The average Bonchev–Trinajstić information content (AvgIpc) is 3.10. The Labute approximate surface area is 139 Å². The molecule has 1 saturated heterocycles. The van der Waals surface area contributed by atoms with Gasteiger partial charge in [0.1, 0.15) is 6.54 Å². The van der Waals surface area contributed by atoms with Crippen LogP contribution in [0.25, 0.3) is 0 Å². The maximum atomic E-state index is 10.7. The van der Waals surface area contributed by atoms with E-state index in [1.54, 1.807) is 19.4 Å². The van der Waals surface area contributed by atoms with Crippen LogP contribution in [-0.2, 0) is 11.3 Å². The summed E-state index contributed by atoms with van der Waals surface area (Å²) in [5, 5.41) is 12.7. The lowest BCUT2D eigenvalue weighted by Crippen LogP contribution is -2.33. The highest BCUT2D eigenvalue weighted by Gasteiger charge is 2.23. The third-order valence-electron chi connectivity index (χ3n) is 4.14. The minimum absolute atomic E-state index is 0.122. The maximum absolute atomic E-state index is 10.7. The molecule has 0 aliphatic carbocycles.